The van der Waals surface area contributed by atoms with E-state index in [0.29, 0.717) is 31.1 Å². The van der Waals surface area contributed by atoms with Gasteiger partial charge in [0.15, 0.2) is 0 Å². The van der Waals surface area contributed by atoms with Gasteiger partial charge in [-0.3, -0.25) is 9.69 Å². The third-order valence-electron chi connectivity index (χ3n) is 4.99. The van der Waals surface area contributed by atoms with Crippen molar-refractivity contribution in [1.29, 1.82) is 0 Å². The lowest BCUT2D eigenvalue weighted by atomic mass is 10.2. The second kappa shape index (κ2) is 8.73. The van der Waals surface area contributed by atoms with Crippen molar-refractivity contribution in [3.8, 4) is 0 Å². The van der Waals surface area contributed by atoms with Crippen LogP contribution in [0.2, 0.25) is 0 Å². The molecule has 3 rings (SSSR count). The zero-order chi connectivity index (χ0) is 20.3. The number of sulfonamides is 1. The van der Waals surface area contributed by atoms with E-state index in [-0.39, 0.29) is 18.5 Å². The molecule has 1 aliphatic rings. The van der Waals surface area contributed by atoms with Crippen molar-refractivity contribution in [2.45, 2.75) is 31.7 Å². The van der Waals surface area contributed by atoms with Crippen LogP contribution in [-0.2, 0) is 14.8 Å². The number of piperazine rings is 1. The van der Waals surface area contributed by atoms with Crippen molar-refractivity contribution in [3.63, 3.8) is 0 Å². The lowest BCUT2D eigenvalue weighted by Gasteiger charge is -2.34. The third kappa shape index (κ3) is 4.81. The summed E-state index contributed by atoms with van der Waals surface area (Å²) in [6.45, 7) is 7.91. The summed E-state index contributed by atoms with van der Waals surface area (Å²) in [4.78, 5) is 15.8. The largest absolute Gasteiger partial charge is 0.348 e. The molecule has 1 atom stereocenters. The summed E-state index contributed by atoms with van der Waals surface area (Å²) in [5.41, 5.74) is 1.81. The zero-order valence-electron chi connectivity index (χ0n) is 16.5. The summed E-state index contributed by atoms with van der Waals surface area (Å²) in [5, 5.41) is 5.00. The van der Waals surface area contributed by atoms with Gasteiger partial charge in [-0.15, -0.1) is 11.3 Å². The summed E-state index contributed by atoms with van der Waals surface area (Å²) in [5.74, 6) is -0.0356. The van der Waals surface area contributed by atoms with Crippen LogP contribution in [0.15, 0.2) is 40.6 Å². The van der Waals surface area contributed by atoms with E-state index < -0.39 is 10.0 Å². The van der Waals surface area contributed by atoms with E-state index >= 15 is 0 Å². The number of nitrogens with zero attached hydrogens (tertiary/aromatic N) is 2. The summed E-state index contributed by atoms with van der Waals surface area (Å²) >= 11 is 1.62. The van der Waals surface area contributed by atoms with Gasteiger partial charge < -0.3 is 5.32 Å². The van der Waals surface area contributed by atoms with Gasteiger partial charge in [0.25, 0.3) is 0 Å². The fraction of sp³-hybridized carbons (Fsp3) is 0.450. The second-order valence-electron chi connectivity index (χ2n) is 7.25. The van der Waals surface area contributed by atoms with Crippen molar-refractivity contribution < 1.29 is 13.2 Å². The molecule has 0 saturated carbocycles. The molecule has 0 unspecified atom stereocenters. The number of nitrogens with one attached hydrogen (secondary N) is 1. The highest BCUT2D eigenvalue weighted by Crippen LogP contribution is 2.22. The summed E-state index contributed by atoms with van der Waals surface area (Å²) in [6.07, 6.45) is 0. The van der Waals surface area contributed by atoms with Crippen LogP contribution in [0, 0.1) is 13.8 Å². The molecule has 1 saturated heterocycles. The molecule has 152 valence electrons. The molecule has 1 N–H and O–H groups in total. The average Bonchev–Trinajstić information content (AvgIpc) is 3.16. The zero-order valence-corrected chi connectivity index (χ0v) is 18.1. The molecule has 2 heterocycles. The fourth-order valence-corrected chi connectivity index (χ4v) is 5.82. The maximum Gasteiger partial charge on any atom is 0.243 e. The SMILES string of the molecule is Cc1ccc(S(=O)(=O)N2CCN(CC(=O)N[C@@H](C)c3cccs3)CC2)c(C)c1. The maximum atomic E-state index is 13.0. The van der Waals surface area contributed by atoms with Crippen LogP contribution in [0.1, 0.15) is 29.0 Å². The molecule has 1 amide bonds. The van der Waals surface area contributed by atoms with Gasteiger partial charge in [0.1, 0.15) is 0 Å². The molecule has 0 radical (unpaired) electrons. The molecule has 1 aliphatic heterocycles. The topological polar surface area (TPSA) is 69.7 Å². The van der Waals surface area contributed by atoms with Crippen LogP contribution in [0.5, 0.6) is 0 Å². The minimum Gasteiger partial charge on any atom is -0.348 e. The first-order valence-electron chi connectivity index (χ1n) is 9.40. The van der Waals surface area contributed by atoms with E-state index in [9.17, 15) is 13.2 Å². The Labute approximate surface area is 171 Å². The molecule has 6 nitrogen and oxygen atoms in total. The predicted molar refractivity (Wildman–Crippen MR) is 112 cm³/mol. The molecule has 0 bridgehead atoms. The van der Waals surface area contributed by atoms with Crippen LogP contribution >= 0.6 is 11.3 Å². The van der Waals surface area contributed by atoms with Gasteiger partial charge in [-0.2, -0.15) is 4.31 Å². The first-order valence-corrected chi connectivity index (χ1v) is 11.7. The number of hydrogen-bond donors (Lipinski definition) is 1. The molecule has 8 heteroatoms. The number of carbonyl (C=O) groups is 1. The van der Waals surface area contributed by atoms with E-state index in [4.69, 9.17) is 0 Å². The number of thiophene rings is 1. The molecule has 0 spiro atoms. The summed E-state index contributed by atoms with van der Waals surface area (Å²) in [7, 11) is -3.50. The fourth-order valence-electron chi connectivity index (χ4n) is 3.45. The van der Waals surface area contributed by atoms with Crippen molar-refractivity contribution in [1.82, 2.24) is 14.5 Å². The van der Waals surface area contributed by atoms with Gasteiger partial charge in [-0.1, -0.05) is 23.8 Å². The normalized spacial score (nSPS) is 17.4. The van der Waals surface area contributed by atoms with Gasteiger partial charge in [0.05, 0.1) is 17.5 Å². The quantitative estimate of drug-likeness (QED) is 0.778. The van der Waals surface area contributed by atoms with Gasteiger partial charge in [0, 0.05) is 31.1 Å². The average molecular weight is 422 g/mol. The van der Waals surface area contributed by atoms with Gasteiger partial charge >= 0.3 is 0 Å². The number of hydrogen-bond acceptors (Lipinski definition) is 5. The molecular weight excluding hydrogens is 394 g/mol. The van der Waals surface area contributed by atoms with E-state index in [1.165, 1.54) is 4.31 Å². The molecule has 1 aromatic carbocycles. The van der Waals surface area contributed by atoms with Gasteiger partial charge in [-0.25, -0.2) is 8.42 Å². The molecule has 0 aliphatic carbocycles. The Bertz CT molecular complexity index is 918. The highest BCUT2D eigenvalue weighted by Gasteiger charge is 2.30. The minimum atomic E-state index is -3.50. The smallest absolute Gasteiger partial charge is 0.243 e. The highest BCUT2D eigenvalue weighted by atomic mass is 32.2. The van der Waals surface area contributed by atoms with Gasteiger partial charge in [-0.05, 0) is 43.8 Å². The lowest BCUT2D eigenvalue weighted by molar-refractivity contribution is -0.123. The number of carbonyl (C=O) groups excluding carboxylic acids is 1. The molecule has 2 aromatic rings. The maximum absolute atomic E-state index is 13.0. The van der Waals surface area contributed by atoms with Crippen LogP contribution in [-0.4, -0.2) is 56.3 Å². The number of amides is 1. The third-order valence-corrected chi connectivity index (χ3v) is 8.11. The monoisotopic (exact) mass is 421 g/mol. The van der Waals surface area contributed by atoms with Crippen LogP contribution < -0.4 is 5.32 Å². The number of aryl methyl sites for hydroxylation is 2. The minimum absolute atomic E-state index is 0.0151. The van der Waals surface area contributed by atoms with Crippen molar-refractivity contribution in [2.24, 2.45) is 0 Å². The summed E-state index contributed by atoms with van der Waals surface area (Å²) < 4.78 is 27.4. The Balaban J connectivity index is 1.54. The highest BCUT2D eigenvalue weighted by molar-refractivity contribution is 7.89. The Hall–Kier alpha value is -1.74. The number of rotatable bonds is 6. The van der Waals surface area contributed by atoms with E-state index in [1.807, 2.05) is 55.3 Å². The number of benzene rings is 1. The Morgan fingerprint density at radius 3 is 2.50 bits per heavy atom. The van der Waals surface area contributed by atoms with E-state index in [0.717, 1.165) is 16.0 Å². The van der Waals surface area contributed by atoms with Crippen LogP contribution in [0.3, 0.4) is 0 Å². The van der Waals surface area contributed by atoms with Crippen LogP contribution in [0.25, 0.3) is 0 Å². The predicted octanol–water partition coefficient (Wildman–Crippen LogP) is 2.55. The summed E-state index contributed by atoms with van der Waals surface area (Å²) in [6, 6.07) is 9.37. The van der Waals surface area contributed by atoms with Crippen molar-refractivity contribution >= 4 is 27.3 Å². The van der Waals surface area contributed by atoms with Crippen LogP contribution in [0.4, 0.5) is 0 Å². The standard InChI is InChI=1S/C20H27N3O3S2/c1-15-6-7-19(16(2)13-15)28(25,26)23-10-8-22(9-11-23)14-20(24)21-17(3)18-5-4-12-27-18/h4-7,12-13,17H,8-11,14H2,1-3H3,(H,21,24)/t17-/m0/s1. The first-order chi connectivity index (χ1) is 13.3. The Kier molecular flexibility index (Phi) is 6.54. The Morgan fingerprint density at radius 2 is 1.89 bits per heavy atom. The van der Waals surface area contributed by atoms with Crippen molar-refractivity contribution in [2.75, 3.05) is 32.7 Å². The molecular formula is C20H27N3O3S2. The Morgan fingerprint density at radius 1 is 1.18 bits per heavy atom. The molecule has 28 heavy (non-hydrogen) atoms. The van der Waals surface area contributed by atoms with Crippen molar-refractivity contribution in [3.05, 3.63) is 51.7 Å². The van der Waals surface area contributed by atoms with E-state index in [2.05, 4.69) is 5.32 Å². The van der Waals surface area contributed by atoms with E-state index in [1.54, 1.807) is 17.4 Å². The van der Waals surface area contributed by atoms with Gasteiger partial charge in [0.2, 0.25) is 15.9 Å². The molecule has 1 aromatic heterocycles. The second-order valence-corrected chi connectivity index (χ2v) is 10.1. The molecule has 1 fully saturated rings. The first kappa shape index (κ1) is 21.0. The lowest BCUT2D eigenvalue weighted by Crippen LogP contribution is -2.51.